The molecule has 0 unspecified atom stereocenters. The molecule has 78 valence electrons. The number of halogens is 2. The molecule has 2 nitrogen and oxygen atoms in total. The first-order valence-electron chi connectivity index (χ1n) is 4.52. The van der Waals surface area contributed by atoms with Crippen LogP contribution in [0.4, 0.5) is 4.39 Å². The fourth-order valence-corrected chi connectivity index (χ4v) is 1.44. The standard InChI is InChI=1S/C10H13ClFNO/c11-8-4-5-9(12)7(10(8)14)3-1-2-6-13/h4-5,14H,1-3,6,13H2. The number of hydrogen-bond donors (Lipinski definition) is 2. The first kappa shape index (κ1) is 11.3. The highest BCUT2D eigenvalue weighted by Gasteiger charge is 2.10. The molecule has 3 N–H and O–H groups in total. The molecule has 0 amide bonds. The predicted molar refractivity (Wildman–Crippen MR) is 55.1 cm³/mol. The molecule has 0 aliphatic carbocycles. The zero-order valence-corrected chi connectivity index (χ0v) is 8.52. The highest BCUT2D eigenvalue weighted by Crippen LogP contribution is 2.30. The molecule has 1 aromatic carbocycles. The van der Waals surface area contributed by atoms with Crippen LogP contribution in [-0.2, 0) is 6.42 Å². The molecule has 0 saturated heterocycles. The Morgan fingerprint density at radius 3 is 2.71 bits per heavy atom. The van der Waals surface area contributed by atoms with Gasteiger partial charge in [-0.05, 0) is 37.9 Å². The summed E-state index contributed by atoms with van der Waals surface area (Å²) >= 11 is 5.66. The van der Waals surface area contributed by atoms with Crippen LogP contribution >= 0.6 is 11.6 Å². The highest BCUT2D eigenvalue weighted by molar-refractivity contribution is 6.32. The van der Waals surface area contributed by atoms with E-state index in [0.29, 0.717) is 13.0 Å². The van der Waals surface area contributed by atoms with Gasteiger partial charge in [-0.3, -0.25) is 0 Å². The minimum absolute atomic E-state index is 0.149. The van der Waals surface area contributed by atoms with E-state index in [-0.39, 0.29) is 16.3 Å². The van der Waals surface area contributed by atoms with Gasteiger partial charge in [0, 0.05) is 5.56 Å². The zero-order chi connectivity index (χ0) is 10.6. The molecule has 0 bridgehead atoms. The number of nitrogens with two attached hydrogens (primary N) is 1. The van der Waals surface area contributed by atoms with Crippen LogP contribution < -0.4 is 5.73 Å². The van der Waals surface area contributed by atoms with E-state index in [4.69, 9.17) is 17.3 Å². The third kappa shape index (κ3) is 2.59. The van der Waals surface area contributed by atoms with Crippen molar-refractivity contribution in [2.75, 3.05) is 6.54 Å². The monoisotopic (exact) mass is 217 g/mol. The summed E-state index contributed by atoms with van der Waals surface area (Å²) in [5.41, 5.74) is 5.60. The van der Waals surface area contributed by atoms with Gasteiger partial charge in [-0.25, -0.2) is 4.39 Å². The van der Waals surface area contributed by atoms with E-state index in [1.54, 1.807) is 0 Å². The lowest BCUT2D eigenvalue weighted by Gasteiger charge is -2.06. The second-order valence-corrected chi connectivity index (χ2v) is 3.51. The zero-order valence-electron chi connectivity index (χ0n) is 7.76. The molecule has 0 atom stereocenters. The fourth-order valence-electron chi connectivity index (χ4n) is 1.27. The maximum absolute atomic E-state index is 13.2. The van der Waals surface area contributed by atoms with Crippen molar-refractivity contribution in [1.29, 1.82) is 0 Å². The van der Waals surface area contributed by atoms with Crippen LogP contribution in [-0.4, -0.2) is 11.7 Å². The van der Waals surface area contributed by atoms with E-state index in [0.717, 1.165) is 12.8 Å². The van der Waals surface area contributed by atoms with Crippen molar-refractivity contribution in [3.05, 3.63) is 28.5 Å². The van der Waals surface area contributed by atoms with E-state index in [9.17, 15) is 9.50 Å². The topological polar surface area (TPSA) is 46.2 Å². The second kappa shape index (κ2) is 5.17. The lowest BCUT2D eigenvalue weighted by atomic mass is 10.1. The molecular weight excluding hydrogens is 205 g/mol. The summed E-state index contributed by atoms with van der Waals surface area (Å²) in [4.78, 5) is 0. The van der Waals surface area contributed by atoms with Gasteiger partial charge in [0.2, 0.25) is 0 Å². The normalized spacial score (nSPS) is 10.5. The number of phenolic OH excluding ortho intramolecular Hbond substituents is 1. The van der Waals surface area contributed by atoms with Gasteiger partial charge in [0.1, 0.15) is 11.6 Å². The third-order valence-corrected chi connectivity index (χ3v) is 2.36. The first-order chi connectivity index (χ1) is 6.66. The molecule has 0 saturated carbocycles. The Hall–Kier alpha value is -0.800. The summed E-state index contributed by atoms with van der Waals surface area (Å²) in [5, 5.41) is 9.66. The van der Waals surface area contributed by atoms with Gasteiger partial charge in [-0.1, -0.05) is 11.6 Å². The summed E-state index contributed by atoms with van der Waals surface area (Å²) in [5.74, 6) is -0.562. The Balaban J connectivity index is 2.79. The molecule has 0 heterocycles. The number of hydrogen-bond acceptors (Lipinski definition) is 2. The van der Waals surface area contributed by atoms with E-state index in [1.165, 1.54) is 12.1 Å². The van der Waals surface area contributed by atoms with Gasteiger partial charge in [0.25, 0.3) is 0 Å². The number of aromatic hydroxyl groups is 1. The summed E-state index contributed by atoms with van der Waals surface area (Å²) in [7, 11) is 0. The molecular formula is C10H13ClFNO. The SMILES string of the molecule is NCCCCc1c(F)ccc(Cl)c1O. The average Bonchev–Trinajstić information content (AvgIpc) is 2.18. The molecule has 14 heavy (non-hydrogen) atoms. The summed E-state index contributed by atoms with van der Waals surface area (Å²) in [6.07, 6.45) is 2.03. The predicted octanol–water partition coefficient (Wildman–Crippen LogP) is 2.47. The number of benzene rings is 1. The van der Waals surface area contributed by atoms with E-state index in [1.807, 2.05) is 0 Å². The van der Waals surface area contributed by atoms with Crippen LogP contribution in [0, 0.1) is 5.82 Å². The van der Waals surface area contributed by atoms with Crippen molar-refractivity contribution in [2.24, 2.45) is 5.73 Å². The Morgan fingerprint density at radius 1 is 1.36 bits per heavy atom. The molecule has 0 aromatic heterocycles. The maximum Gasteiger partial charge on any atom is 0.140 e. The largest absolute Gasteiger partial charge is 0.506 e. The molecule has 0 fully saturated rings. The summed E-state index contributed by atoms with van der Waals surface area (Å²) < 4.78 is 13.2. The lowest BCUT2D eigenvalue weighted by Crippen LogP contribution is -2.00. The van der Waals surface area contributed by atoms with Gasteiger partial charge in [-0.15, -0.1) is 0 Å². The average molecular weight is 218 g/mol. The second-order valence-electron chi connectivity index (χ2n) is 3.10. The third-order valence-electron chi connectivity index (χ3n) is 2.06. The van der Waals surface area contributed by atoms with Crippen LogP contribution in [0.3, 0.4) is 0 Å². The van der Waals surface area contributed by atoms with Crippen LogP contribution in [0.15, 0.2) is 12.1 Å². The van der Waals surface area contributed by atoms with E-state index >= 15 is 0 Å². The Kier molecular flexibility index (Phi) is 4.17. The Labute approximate surface area is 87.5 Å². The highest BCUT2D eigenvalue weighted by atomic mass is 35.5. The summed E-state index contributed by atoms with van der Waals surface area (Å²) in [6.45, 7) is 0.572. The van der Waals surface area contributed by atoms with Crippen molar-refractivity contribution in [2.45, 2.75) is 19.3 Å². The van der Waals surface area contributed by atoms with E-state index in [2.05, 4.69) is 0 Å². The molecule has 1 aromatic rings. The van der Waals surface area contributed by atoms with Crippen molar-refractivity contribution in [3.63, 3.8) is 0 Å². The molecule has 0 aliphatic rings. The van der Waals surface area contributed by atoms with Crippen molar-refractivity contribution in [3.8, 4) is 5.75 Å². The van der Waals surface area contributed by atoms with Gasteiger partial charge in [-0.2, -0.15) is 0 Å². The Bertz CT molecular complexity index is 317. The molecule has 0 spiro atoms. The first-order valence-corrected chi connectivity index (χ1v) is 4.90. The lowest BCUT2D eigenvalue weighted by molar-refractivity contribution is 0.457. The van der Waals surface area contributed by atoms with Crippen LogP contribution in [0.2, 0.25) is 5.02 Å². The van der Waals surface area contributed by atoms with Crippen molar-refractivity contribution in [1.82, 2.24) is 0 Å². The van der Waals surface area contributed by atoms with Crippen LogP contribution in [0.5, 0.6) is 5.75 Å². The minimum atomic E-state index is -0.413. The molecule has 4 heteroatoms. The smallest absolute Gasteiger partial charge is 0.140 e. The van der Waals surface area contributed by atoms with E-state index < -0.39 is 5.82 Å². The summed E-state index contributed by atoms with van der Waals surface area (Å²) in [6, 6.07) is 2.61. The molecule has 0 radical (unpaired) electrons. The van der Waals surface area contributed by atoms with Gasteiger partial charge >= 0.3 is 0 Å². The van der Waals surface area contributed by atoms with Crippen LogP contribution in [0.25, 0.3) is 0 Å². The quantitative estimate of drug-likeness (QED) is 0.762. The number of phenols is 1. The van der Waals surface area contributed by atoms with Crippen molar-refractivity contribution < 1.29 is 9.50 Å². The minimum Gasteiger partial charge on any atom is -0.506 e. The maximum atomic E-state index is 13.2. The fraction of sp³-hybridized carbons (Fsp3) is 0.400. The number of unbranched alkanes of at least 4 members (excludes halogenated alkanes) is 1. The van der Waals surface area contributed by atoms with Crippen LogP contribution in [0.1, 0.15) is 18.4 Å². The van der Waals surface area contributed by atoms with Gasteiger partial charge in [0.05, 0.1) is 5.02 Å². The molecule has 1 rings (SSSR count). The van der Waals surface area contributed by atoms with Gasteiger partial charge in [0.15, 0.2) is 0 Å². The molecule has 0 aliphatic heterocycles. The van der Waals surface area contributed by atoms with Crippen molar-refractivity contribution >= 4 is 11.6 Å². The Morgan fingerprint density at radius 2 is 2.07 bits per heavy atom. The number of rotatable bonds is 4. The van der Waals surface area contributed by atoms with Gasteiger partial charge < -0.3 is 10.8 Å².